The lowest BCUT2D eigenvalue weighted by atomic mass is 9.84. The van der Waals surface area contributed by atoms with Crippen LogP contribution in [0.4, 0.5) is 0 Å². The van der Waals surface area contributed by atoms with Crippen molar-refractivity contribution in [1.82, 2.24) is 4.31 Å². The van der Waals surface area contributed by atoms with E-state index in [1.54, 1.807) is 16.4 Å². The zero-order valence-electron chi connectivity index (χ0n) is 14.3. The predicted octanol–water partition coefficient (Wildman–Crippen LogP) is 3.54. The first kappa shape index (κ1) is 16.8. The number of fused-ring (bicyclic) bond motifs is 1. The van der Waals surface area contributed by atoms with Crippen molar-refractivity contribution in [2.45, 2.75) is 36.8 Å². The highest BCUT2D eigenvalue weighted by atomic mass is 32.2. The highest BCUT2D eigenvalue weighted by molar-refractivity contribution is 7.89. The van der Waals surface area contributed by atoms with Crippen molar-refractivity contribution in [2.24, 2.45) is 5.92 Å². The highest BCUT2D eigenvalue weighted by Crippen LogP contribution is 2.44. The van der Waals surface area contributed by atoms with E-state index in [-0.39, 0.29) is 18.1 Å². The van der Waals surface area contributed by atoms with Crippen LogP contribution in [0.2, 0.25) is 0 Å². The molecular weight excluding hydrogens is 334 g/mol. The Morgan fingerprint density at radius 1 is 1.04 bits per heavy atom. The molecule has 2 aromatic carbocycles. The molecule has 0 radical (unpaired) electrons. The first-order valence-electron chi connectivity index (χ1n) is 8.82. The van der Waals surface area contributed by atoms with Gasteiger partial charge in [-0.15, -0.1) is 0 Å². The summed E-state index contributed by atoms with van der Waals surface area (Å²) in [6.07, 6.45) is 1.64. The van der Waals surface area contributed by atoms with Gasteiger partial charge < -0.3 is 4.74 Å². The van der Waals surface area contributed by atoms with Gasteiger partial charge in [0.15, 0.2) is 0 Å². The number of aryl methyl sites for hydroxylation is 1. The van der Waals surface area contributed by atoms with Crippen molar-refractivity contribution in [1.29, 1.82) is 0 Å². The van der Waals surface area contributed by atoms with Gasteiger partial charge in [-0.3, -0.25) is 0 Å². The monoisotopic (exact) mass is 357 g/mol. The Hall–Kier alpha value is -1.69. The van der Waals surface area contributed by atoms with E-state index < -0.39 is 10.0 Å². The number of hydrogen-bond acceptors (Lipinski definition) is 3. The Morgan fingerprint density at radius 3 is 2.48 bits per heavy atom. The van der Waals surface area contributed by atoms with Gasteiger partial charge in [-0.2, -0.15) is 4.31 Å². The highest BCUT2D eigenvalue weighted by Gasteiger charge is 2.49. The zero-order chi connectivity index (χ0) is 17.4. The average molecular weight is 357 g/mol. The SMILES string of the molecule is Cc1ccc(S(=O)(=O)N2C[C@@H](c3ccccc3)[C@@H]3CCCO[C@@H]32)cc1. The van der Waals surface area contributed by atoms with Gasteiger partial charge in [0, 0.05) is 25.0 Å². The maximum atomic E-state index is 13.2. The molecule has 3 atom stereocenters. The second-order valence-electron chi connectivity index (χ2n) is 6.97. The van der Waals surface area contributed by atoms with Gasteiger partial charge in [-0.1, -0.05) is 48.0 Å². The fraction of sp³-hybridized carbons (Fsp3) is 0.400. The minimum Gasteiger partial charge on any atom is -0.362 e. The molecule has 2 aliphatic rings. The Morgan fingerprint density at radius 2 is 1.76 bits per heavy atom. The van der Waals surface area contributed by atoms with E-state index in [2.05, 4.69) is 12.1 Å². The Bertz CT molecular complexity index is 833. The van der Waals surface area contributed by atoms with E-state index in [4.69, 9.17) is 4.74 Å². The van der Waals surface area contributed by atoms with Crippen molar-refractivity contribution in [3.05, 3.63) is 65.7 Å². The fourth-order valence-corrected chi connectivity index (χ4v) is 5.65. The number of hydrogen-bond donors (Lipinski definition) is 0. The molecule has 2 fully saturated rings. The molecule has 132 valence electrons. The van der Waals surface area contributed by atoms with E-state index in [1.807, 2.05) is 37.3 Å². The molecule has 0 saturated carbocycles. The Labute approximate surface area is 149 Å². The van der Waals surface area contributed by atoms with Gasteiger partial charge in [0.2, 0.25) is 10.0 Å². The third-order valence-corrected chi connectivity index (χ3v) is 7.21. The normalized spacial score (nSPS) is 27.2. The summed E-state index contributed by atoms with van der Waals surface area (Å²) in [5.41, 5.74) is 2.25. The first-order valence-corrected chi connectivity index (χ1v) is 10.3. The van der Waals surface area contributed by atoms with Crippen LogP contribution < -0.4 is 0 Å². The molecule has 0 unspecified atom stereocenters. The Balaban J connectivity index is 1.70. The van der Waals surface area contributed by atoms with Crippen LogP contribution in [0.25, 0.3) is 0 Å². The van der Waals surface area contributed by atoms with Gasteiger partial charge in [0.1, 0.15) is 6.23 Å². The second-order valence-corrected chi connectivity index (χ2v) is 8.86. The van der Waals surface area contributed by atoms with Crippen LogP contribution in [0.5, 0.6) is 0 Å². The van der Waals surface area contributed by atoms with Crippen LogP contribution in [0.1, 0.15) is 29.9 Å². The van der Waals surface area contributed by atoms with Crippen molar-refractivity contribution < 1.29 is 13.2 Å². The quantitative estimate of drug-likeness (QED) is 0.844. The molecule has 0 amide bonds. The maximum absolute atomic E-state index is 13.2. The van der Waals surface area contributed by atoms with E-state index in [0.717, 1.165) is 18.4 Å². The number of rotatable bonds is 3. The minimum absolute atomic E-state index is 0.187. The third-order valence-electron chi connectivity index (χ3n) is 5.37. The third kappa shape index (κ3) is 3.01. The molecule has 5 heteroatoms. The minimum atomic E-state index is -3.56. The lowest BCUT2D eigenvalue weighted by Crippen LogP contribution is -2.41. The summed E-state index contributed by atoms with van der Waals surface area (Å²) in [5, 5.41) is 0. The molecule has 4 nitrogen and oxygen atoms in total. The summed E-state index contributed by atoms with van der Waals surface area (Å²) in [5.74, 6) is 0.406. The molecule has 2 aliphatic heterocycles. The standard InChI is InChI=1S/C20H23NO3S/c1-15-9-11-17(12-10-15)25(22,23)21-14-19(16-6-3-2-4-7-16)18-8-5-13-24-20(18)21/h2-4,6-7,9-12,18-20H,5,8,13-14H2,1H3/t18-,19-,20-/m0/s1. The summed E-state index contributed by atoms with van der Waals surface area (Å²) < 4.78 is 34.0. The fourth-order valence-electron chi connectivity index (χ4n) is 4.05. The largest absolute Gasteiger partial charge is 0.362 e. The number of ether oxygens (including phenoxy) is 1. The predicted molar refractivity (Wildman–Crippen MR) is 96.7 cm³/mol. The Kier molecular flexibility index (Phi) is 4.40. The summed E-state index contributed by atoms with van der Waals surface area (Å²) >= 11 is 0. The summed E-state index contributed by atoms with van der Waals surface area (Å²) in [6, 6.07) is 17.3. The van der Waals surface area contributed by atoms with E-state index in [9.17, 15) is 8.42 Å². The van der Waals surface area contributed by atoms with Crippen molar-refractivity contribution >= 4 is 10.0 Å². The van der Waals surface area contributed by atoms with Gasteiger partial charge in [-0.25, -0.2) is 8.42 Å². The molecule has 4 rings (SSSR count). The number of sulfonamides is 1. The molecule has 0 N–H and O–H groups in total. The molecule has 0 spiro atoms. The molecule has 25 heavy (non-hydrogen) atoms. The summed E-state index contributed by atoms with van der Waals surface area (Å²) in [7, 11) is -3.56. The molecule has 0 aromatic heterocycles. The molecule has 0 bridgehead atoms. The van der Waals surface area contributed by atoms with Gasteiger partial charge in [0.05, 0.1) is 4.90 Å². The van der Waals surface area contributed by atoms with Crippen LogP contribution >= 0.6 is 0 Å². The average Bonchev–Trinajstić information content (AvgIpc) is 3.03. The maximum Gasteiger partial charge on any atom is 0.245 e. The smallest absolute Gasteiger partial charge is 0.245 e. The van der Waals surface area contributed by atoms with Gasteiger partial charge >= 0.3 is 0 Å². The molecule has 2 aromatic rings. The topological polar surface area (TPSA) is 46.6 Å². The van der Waals surface area contributed by atoms with Gasteiger partial charge in [0.25, 0.3) is 0 Å². The zero-order valence-corrected chi connectivity index (χ0v) is 15.2. The van der Waals surface area contributed by atoms with Crippen LogP contribution in [0, 0.1) is 12.8 Å². The second kappa shape index (κ2) is 6.56. The summed E-state index contributed by atoms with van der Waals surface area (Å²) in [4.78, 5) is 0.347. The number of nitrogens with zero attached hydrogens (tertiary/aromatic N) is 1. The van der Waals surface area contributed by atoms with Crippen molar-refractivity contribution in [3.63, 3.8) is 0 Å². The van der Waals surface area contributed by atoms with Crippen LogP contribution in [-0.4, -0.2) is 32.1 Å². The van der Waals surface area contributed by atoms with Crippen molar-refractivity contribution in [2.75, 3.05) is 13.2 Å². The van der Waals surface area contributed by atoms with E-state index in [1.165, 1.54) is 5.56 Å². The van der Waals surface area contributed by atoms with Crippen LogP contribution in [0.15, 0.2) is 59.5 Å². The first-order chi connectivity index (χ1) is 12.1. The molecule has 2 saturated heterocycles. The molecule has 0 aliphatic carbocycles. The van der Waals surface area contributed by atoms with E-state index in [0.29, 0.717) is 18.0 Å². The van der Waals surface area contributed by atoms with Crippen molar-refractivity contribution in [3.8, 4) is 0 Å². The van der Waals surface area contributed by atoms with E-state index >= 15 is 0 Å². The molecule has 2 heterocycles. The lowest BCUT2D eigenvalue weighted by molar-refractivity contribution is -0.0582. The summed E-state index contributed by atoms with van der Waals surface area (Å²) in [6.45, 7) is 3.07. The lowest BCUT2D eigenvalue weighted by Gasteiger charge is -2.32. The van der Waals surface area contributed by atoms with Gasteiger partial charge in [-0.05, 0) is 37.5 Å². The number of benzene rings is 2. The van der Waals surface area contributed by atoms with Crippen LogP contribution in [-0.2, 0) is 14.8 Å². The molecular formula is C20H23NO3S. The van der Waals surface area contributed by atoms with Crippen LogP contribution in [0.3, 0.4) is 0 Å².